The monoisotopic (exact) mass is 334 g/mol. The van der Waals surface area contributed by atoms with Gasteiger partial charge in [-0.05, 0) is 48.9 Å². The molecule has 0 unspecified atom stereocenters. The smallest absolute Gasteiger partial charge is 0.166 e. The van der Waals surface area contributed by atoms with Gasteiger partial charge in [0.2, 0.25) is 0 Å². The summed E-state index contributed by atoms with van der Waals surface area (Å²) in [5, 5.41) is 0. The highest BCUT2D eigenvalue weighted by Crippen LogP contribution is 2.32. The van der Waals surface area contributed by atoms with E-state index in [4.69, 9.17) is 9.47 Å². The molecule has 0 fully saturated rings. The van der Waals surface area contributed by atoms with Crippen LogP contribution in [0.2, 0.25) is 0 Å². The molecule has 0 bridgehead atoms. The van der Waals surface area contributed by atoms with Crippen LogP contribution >= 0.6 is 0 Å². The fourth-order valence-corrected chi connectivity index (χ4v) is 2.42. The van der Waals surface area contributed by atoms with Crippen molar-refractivity contribution in [3.8, 4) is 22.6 Å². The normalized spacial score (nSPS) is 10.3. The number of benzene rings is 2. The average molecular weight is 334 g/mol. The first-order valence-corrected chi connectivity index (χ1v) is 7.85. The van der Waals surface area contributed by atoms with Crippen LogP contribution in [0.3, 0.4) is 0 Å². The fraction of sp³-hybridized carbons (Fsp3) is 0.150. The zero-order chi connectivity index (χ0) is 17.6. The molecule has 1 aromatic heterocycles. The Morgan fingerprint density at radius 1 is 1.04 bits per heavy atom. The summed E-state index contributed by atoms with van der Waals surface area (Å²) in [6.45, 7) is 1.80. The van der Waals surface area contributed by atoms with E-state index in [9.17, 15) is 4.79 Å². The van der Waals surface area contributed by atoms with E-state index in [1.165, 1.54) is 0 Å². The van der Waals surface area contributed by atoms with Gasteiger partial charge in [0.25, 0.3) is 0 Å². The van der Waals surface area contributed by atoms with Gasteiger partial charge in [-0.25, -0.2) is 9.97 Å². The highest BCUT2D eigenvalue weighted by atomic mass is 16.5. The Kier molecular flexibility index (Phi) is 5.04. The number of hydrogen-bond acceptors (Lipinski definition) is 5. The molecule has 25 heavy (non-hydrogen) atoms. The molecule has 0 aliphatic carbocycles. The Balaban J connectivity index is 1.94. The molecule has 5 heteroatoms. The van der Waals surface area contributed by atoms with E-state index in [0.29, 0.717) is 17.1 Å². The summed E-state index contributed by atoms with van der Waals surface area (Å²) >= 11 is 0. The molecule has 0 saturated carbocycles. The first kappa shape index (κ1) is 16.6. The second-order valence-corrected chi connectivity index (χ2v) is 5.45. The molecule has 126 valence electrons. The largest absolute Gasteiger partial charge is 0.497 e. The zero-order valence-corrected chi connectivity index (χ0v) is 14.1. The lowest BCUT2D eigenvalue weighted by molar-refractivity contribution is 0.101. The number of rotatable bonds is 6. The second kappa shape index (κ2) is 7.57. The molecule has 0 atom stereocenters. The number of carbonyl (C=O) groups is 1. The Bertz CT molecular complexity index is 862. The summed E-state index contributed by atoms with van der Waals surface area (Å²) in [6, 6.07) is 14.8. The van der Waals surface area contributed by atoms with Crippen LogP contribution < -0.4 is 9.47 Å². The van der Waals surface area contributed by atoms with Gasteiger partial charge in [-0.3, -0.25) is 4.79 Å². The predicted molar refractivity (Wildman–Crippen MR) is 94.8 cm³/mol. The van der Waals surface area contributed by atoms with Crippen molar-refractivity contribution in [3.05, 3.63) is 72.3 Å². The van der Waals surface area contributed by atoms with E-state index in [0.717, 1.165) is 16.9 Å². The molecule has 0 aliphatic rings. The third kappa shape index (κ3) is 4.01. The van der Waals surface area contributed by atoms with Gasteiger partial charge in [0.1, 0.15) is 18.1 Å². The van der Waals surface area contributed by atoms with E-state index in [1.807, 2.05) is 30.3 Å². The quantitative estimate of drug-likeness (QED) is 0.639. The van der Waals surface area contributed by atoms with Crippen LogP contribution in [0.4, 0.5) is 0 Å². The van der Waals surface area contributed by atoms with Gasteiger partial charge in [-0.2, -0.15) is 0 Å². The molecule has 0 N–H and O–H groups in total. The summed E-state index contributed by atoms with van der Waals surface area (Å²) in [5.41, 5.74) is 2.41. The number of ether oxygens (including phenoxy) is 2. The minimum Gasteiger partial charge on any atom is -0.497 e. The number of carbonyl (C=O) groups excluding carboxylic acids is 1. The number of aromatic nitrogens is 2. The first-order valence-electron chi connectivity index (χ1n) is 7.85. The molecule has 0 spiro atoms. The predicted octanol–water partition coefficient (Wildman–Crippen LogP) is 3.93. The number of Topliss-reactive ketones (excluding diaryl/α,β-unsaturated/α-hetero) is 1. The molecular formula is C20H18N2O3. The summed E-state index contributed by atoms with van der Waals surface area (Å²) in [4.78, 5) is 20.1. The molecule has 0 saturated heterocycles. The SMILES string of the molecule is COc1ccc(-c2cc(C(C)=O)ccc2OCc2ncccn2)cc1. The van der Waals surface area contributed by atoms with Crippen LogP contribution in [-0.4, -0.2) is 22.9 Å². The Labute approximate surface area is 146 Å². The van der Waals surface area contributed by atoms with E-state index >= 15 is 0 Å². The lowest BCUT2D eigenvalue weighted by Crippen LogP contribution is -2.02. The fourth-order valence-electron chi connectivity index (χ4n) is 2.42. The van der Waals surface area contributed by atoms with Crippen LogP contribution in [0.5, 0.6) is 11.5 Å². The molecule has 0 aliphatic heterocycles. The van der Waals surface area contributed by atoms with Gasteiger partial charge in [0.05, 0.1) is 7.11 Å². The summed E-state index contributed by atoms with van der Waals surface area (Å²) in [6.07, 6.45) is 3.35. The molecule has 5 nitrogen and oxygen atoms in total. The Morgan fingerprint density at radius 2 is 1.76 bits per heavy atom. The Hall–Kier alpha value is -3.21. The van der Waals surface area contributed by atoms with Gasteiger partial charge >= 0.3 is 0 Å². The van der Waals surface area contributed by atoms with Gasteiger partial charge < -0.3 is 9.47 Å². The number of ketones is 1. The highest BCUT2D eigenvalue weighted by Gasteiger charge is 2.11. The van der Waals surface area contributed by atoms with Crippen molar-refractivity contribution in [1.82, 2.24) is 9.97 Å². The van der Waals surface area contributed by atoms with Crippen molar-refractivity contribution in [1.29, 1.82) is 0 Å². The molecule has 2 aromatic carbocycles. The van der Waals surface area contributed by atoms with Crippen molar-refractivity contribution in [2.24, 2.45) is 0 Å². The summed E-state index contributed by atoms with van der Waals surface area (Å²) in [7, 11) is 1.62. The molecule has 0 amide bonds. The van der Waals surface area contributed by atoms with Crippen molar-refractivity contribution in [3.63, 3.8) is 0 Å². The lowest BCUT2D eigenvalue weighted by atomic mass is 10.0. The molecular weight excluding hydrogens is 316 g/mol. The zero-order valence-electron chi connectivity index (χ0n) is 14.1. The van der Waals surface area contributed by atoms with Crippen LogP contribution in [0.25, 0.3) is 11.1 Å². The van der Waals surface area contributed by atoms with E-state index in [-0.39, 0.29) is 12.4 Å². The van der Waals surface area contributed by atoms with Crippen molar-refractivity contribution < 1.29 is 14.3 Å². The Morgan fingerprint density at radius 3 is 2.40 bits per heavy atom. The van der Waals surface area contributed by atoms with Crippen LogP contribution in [0, 0.1) is 0 Å². The van der Waals surface area contributed by atoms with Gasteiger partial charge in [-0.1, -0.05) is 12.1 Å². The maximum atomic E-state index is 11.7. The number of hydrogen-bond donors (Lipinski definition) is 0. The minimum absolute atomic E-state index is 0.00713. The van der Waals surface area contributed by atoms with Crippen molar-refractivity contribution in [2.45, 2.75) is 13.5 Å². The maximum Gasteiger partial charge on any atom is 0.166 e. The third-order valence-corrected chi connectivity index (χ3v) is 3.76. The molecule has 3 rings (SSSR count). The second-order valence-electron chi connectivity index (χ2n) is 5.45. The summed E-state index contributed by atoms with van der Waals surface area (Å²) in [5.74, 6) is 2.04. The highest BCUT2D eigenvalue weighted by molar-refractivity contribution is 5.96. The number of methoxy groups -OCH3 is 1. The van der Waals surface area contributed by atoms with Crippen LogP contribution in [0.1, 0.15) is 23.1 Å². The molecule has 0 radical (unpaired) electrons. The first-order chi connectivity index (χ1) is 12.2. The van der Waals surface area contributed by atoms with Crippen LogP contribution in [0.15, 0.2) is 60.9 Å². The standard InChI is InChI=1S/C20H18N2O3/c1-14(23)16-6-9-19(25-13-20-21-10-3-11-22-20)18(12-16)15-4-7-17(24-2)8-5-15/h3-12H,13H2,1-2H3. The van der Waals surface area contributed by atoms with Crippen molar-refractivity contribution >= 4 is 5.78 Å². The molecule has 3 aromatic rings. The molecule has 1 heterocycles. The lowest BCUT2D eigenvalue weighted by Gasteiger charge is -2.13. The van der Waals surface area contributed by atoms with Gasteiger partial charge in [0.15, 0.2) is 11.6 Å². The van der Waals surface area contributed by atoms with E-state index in [2.05, 4.69) is 9.97 Å². The summed E-state index contributed by atoms with van der Waals surface area (Å²) < 4.78 is 11.1. The van der Waals surface area contributed by atoms with Crippen LogP contribution in [-0.2, 0) is 6.61 Å². The average Bonchev–Trinajstić information content (AvgIpc) is 2.67. The van der Waals surface area contributed by atoms with Gasteiger partial charge in [0, 0.05) is 23.5 Å². The van der Waals surface area contributed by atoms with Crippen molar-refractivity contribution in [2.75, 3.05) is 7.11 Å². The van der Waals surface area contributed by atoms with E-state index in [1.54, 1.807) is 44.6 Å². The topological polar surface area (TPSA) is 61.3 Å². The maximum absolute atomic E-state index is 11.7. The van der Waals surface area contributed by atoms with Gasteiger partial charge in [-0.15, -0.1) is 0 Å². The third-order valence-electron chi connectivity index (χ3n) is 3.76. The number of nitrogens with zero attached hydrogens (tertiary/aromatic N) is 2. The minimum atomic E-state index is 0.00713. The van der Waals surface area contributed by atoms with E-state index < -0.39 is 0 Å².